The van der Waals surface area contributed by atoms with Crippen LogP contribution in [0.3, 0.4) is 0 Å². The molecule has 2 fully saturated rings. The van der Waals surface area contributed by atoms with Gasteiger partial charge in [-0.25, -0.2) is 0 Å². The van der Waals surface area contributed by atoms with E-state index in [9.17, 15) is 9.90 Å². The van der Waals surface area contributed by atoms with Gasteiger partial charge in [0.15, 0.2) is 0 Å². The fourth-order valence-electron chi connectivity index (χ4n) is 3.85. The Morgan fingerprint density at radius 1 is 1.16 bits per heavy atom. The Morgan fingerprint density at radius 3 is 2.40 bits per heavy atom. The van der Waals surface area contributed by atoms with Crippen LogP contribution in [0.15, 0.2) is 24.3 Å². The topological polar surface area (TPSA) is 84.6 Å². The van der Waals surface area contributed by atoms with Gasteiger partial charge in [-0.2, -0.15) is 0 Å². The molecule has 1 aromatic rings. The number of ether oxygens (including phenoxy) is 1. The number of hydrogen-bond acceptors (Lipinski definition) is 4. The molecule has 1 aromatic carbocycles. The number of halogens is 1. The number of carbonyl (C=O) groups is 1. The lowest BCUT2D eigenvalue weighted by molar-refractivity contribution is -0.124. The van der Waals surface area contributed by atoms with Crippen molar-refractivity contribution in [3.05, 3.63) is 24.3 Å². The van der Waals surface area contributed by atoms with Gasteiger partial charge < -0.3 is 20.9 Å². The Bertz CT molecular complexity index is 558. The molecule has 0 bridgehead atoms. The van der Waals surface area contributed by atoms with Crippen LogP contribution in [0.25, 0.3) is 0 Å². The van der Waals surface area contributed by atoms with Crippen molar-refractivity contribution < 1.29 is 14.6 Å². The van der Waals surface area contributed by atoms with Gasteiger partial charge in [0, 0.05) is 12.2 Å². The van der Waals surface area contributed by atoms with E-state index in [1.165, 1.54) is 0 Å². The van der Waals surface area contributed by atoms with Gasteiger partial charge >= 0.3 is 0 Å². The lowest BCUT2D eigenvalue weighted by atomic mass is 9.85. The first-order valence-corrected chi connectivity index (χ1v) is 9.09. The summed E-state index contributed by atoms with van der Waals surface area (Å²) in [4.78, 5) is 12.6. The maximum atomic E-state index is 12.6. The van der Waals surface area contributed by atoms with Crippen LogP contribution in [-0.4, -0.2) is 29.8 Å². The van der Waals surface area contributed by atoms with Gasteiger partial charge in [-0.05, 0) is 56.4 Å². The zero-order chi connectivity index (χ0) is 17.0. The minimum Gasteiger partial charge on any atom is -0.488 e. The van der Waals surface area contributed by atoms with Crippen molar-refractivity contribution in [1.29, 1.82) is 0 Å². The number of carbonyl (C=O) groups excluding carboxylic acids is 1. The van der Waals surface area contributed by atoms with E-state index in [0.717, 1.165) is 62.8 Å². The standard InChI is InChI=1S/C19H28N2O3.ClH/c20-13-19(11-3-4-12-19)18(23)21-14-7-9-15(10-8-14)24-17-6-2-1-5-16(17)22;/h7-10,16-17,22H,1-6,11-13,20H2,(H,21,23);1H. The van der Waals surface area contributed by atoms with Crippen LogP contribution < -0.4 is 15.8 Å². The molecule has 0 radical (unpaired) electrons. The Kier molecular flexibility index (Phi) is 7.11. The number of aliphatic hydroxyl groups is 1. The Balaban J connectivity index is 0.00000225. The molecule has 25 heavy (non-hydrogen) atoms. The molecule has 0 saturated heterocycles. The summed E-state index contributed by atoms with van der Waals surface area (Å²) in [6, 6.07) is 7.39. The third-order valence-electron chi connectivity index (χ3n) is 5.50. The summed E-state index contributed by atoms with van der Waals surface area (Å²) < 4.78 is 5.89. The normalized spacial score (nSPS) is 25.0. The van der Waals surface area contributed by atoms with E-state index in [4.69, 9.17) is 10.5 Å². The molecule has 4 N–H and O–H groups in total. The van der Waals surface area contributed by atoms with Crippen molar-refractivity contribution in [3.8, 4) is 5.75 Å². The fourth-order valence-corrected chi connectivity index (χ4v) is 3.85. The minimum absolute atomic E-state index is 0. The molecule has 0 heterocycles. The summed E-state index contributed by atoms with van der Waals surface area (Å²) in [5.41, 5.74) is 6.22. The first kappa shape index (κ1) is 20.0. The lowest BCUT2D eigenvalue weighted by Gasteiger charge is -2.28. The zero-order valence-corrected chi connectivity index (χ0v) is 15.4. The SMILES string of the molecule is Cl.NCC1(C(=O)Nc2ccc(OC3CCCCC3O)cc2)CCCC1. The Hall–Kier alpha value is -1.30. The number of amides is 1. The van der Waals surface area contributed by atoms with Crippen LogP contribution in [0.5, 0.6) is 5.75 Å². The largest absolute Gasteiger partial charge is 0.488 e. The molecule has 2 atom stereocenters. The minimum atomic E-state index is -0.401. The fraction of sp³-hybridized carbons (Fsp3) is 0.632. The molecule has 3 rings (SSSR count). The summed E-state index contributed by atoms with van der Waals surface area (Å²) >= 11 is 0. The maximum Gasteiger partial charge on any atom is 0.231 e. The van der Waals surface area contributed by atoms with Crippen LogP contribution in [-0.2, 0) is 4.79 Å². The number of nitrogens with two attached hydrogens (primary N) is 1. The summed E-state index contributed by atoms with van der Waals surface area (Å²) in [7, 11) is 0. The van der Waals surface area contributed by atoms with Gasteiger partial charge in [-0.15, -0.1) is 12.4 Å². The summed E-state index contributed by atoms with van der Waals surface area (Å²) in [5.74, 6) is 0.757. The molecule has 5 nitrogen and oxygen atoms in total. The average Bonchev–Trinajstić information content (AvgIpc) is 3.09. The van der Waals surface area contributed by atoms with E-state index in [0.29, 0.717) is 6.54 Å². The van der Waals surface area contributed by atoms with Crippen LogP contribution in [0.4, 0.5) is 5.69 Å². The molecule has 0 aromatic heterocycles. The van der Waals surface area contributed by atoms with Gasteiger partial charge in [-0.1, -0.05) is 19.3 Å². The van der Waals surface area contributed by atoms with E-state index in [1.807, 2.05) is 24.3 Å². The van der Waals surface area contributed by atoms with Crippen molar-refractivity contribution in [2.75, 3.05) is 11.9 Å². The molecule has 1 amide bonds. The maximum absolute atomic E-state index is 12.6. The average molecular weight is 369 g/mol. The molecular weight excluding hydrogens is 340 g/mol. The van der Waals surface area contributed by atoms with Gasteiger partial charge in [0.25, 0.3) is 0 Å². The summed E-state index contributed by atoms with van der Waals surface area (Å²) in [6.45, 7) is 0.402. The van der Waals surface area contributed by atoms with Crippen LogP contribution in [0.1, 0.15) is 51.4 Å². The number of rotatable bonds is 5. The smallest absolute Gasteiger partial charge is 0.231 e. The van der Waals surface area contributed by atoms with E-state index in [2.05, 4.69) is 5.32 Å². The Labute approximate surface area is 155 Å². The quantitative estimate of drug-likeness (QED) is 0.744. The highest BCUT2D eigenvalue weighted by Crippen LogP contribution is 2.38. The van der Waals surface area contributed by atoms with Gasteiger partial charge in [0.2, 0.25) is 5.91 Å². The number of nitrogens with one attached hydrogen (secondary N) is 1. The molecule has 2 saturated carbocycles. The summed E-state index contributed by atoms with van der Waals surface area (Å²) in [6.07, 6.45) is 7.22. The van der Waals surface area contributed by atoms with Gasteiger partial charge in [0.1, 0.15) is 11.9 Å². The van der Waals surface area contributed by atoms with Crippen LogP contribution in [0.2, 0.25) is 0 Å². The first-order valence-electron chi connectivity index (χ1n) is 9.09. The van der Waals surface area contributed by atoms with Crippen molar-refractivity contribution in [3.63, 3.8) is 0 Å². The van der Waals surface area contributed by atoms with Crippen molar-refractivity contribution in [2.45, 2.75) is 63.6 Å². The third kappa shape index (κ3) is 4.66. The highest BCUT2D eigenvalue weighted by Gasteiger charge is 2.39. The van der Waals surface area contributed by atoms with Crippen molar-refractivity contribution in [2.24, 2.45) is 11.1 Å². The number of hydrogen-bond donors (Lipinski definition) is 3. The highest BCUT2D eigenvalue weighted by atomic mass is 35.5. The van der Waals surface area contributed by atoms with Crippen LogP contribution in [0, 0.1) is 5.41 Å². The molecule has 2 unspecified atom stereocenters. The molecule has 6 heteroatoms. The van der Waals surface area contributed by atoms with Crippen molar-refractivity contribution >= 4 is 24.0 Å². The predicted octanol–water partition coefficient (Wildman–Crippen LogP) is 3.25. The van der Waals surface area contributed by atoms with E-state index in [-0.39, 0.29) is 30.5 Å². The zero-order valence-electron chi connectivity index (χ0n) is 14.6. The number of aliphatic hydroxyl groups excluding tert-OH is 1. The lowest BCUT2D eigenvalue weighted by Crippen LogP contribution is -2.40. The van der Waals surface area contributed by atoms with E-state index < -0.39 is 5.41 Å². The van der Waals surface area contributed by atoms with Crippen LogP contribution >= 0.6 is 12.4 Å². The summed E-state index contributed by atoms with van der Waals surface area (Å²) in [5, 5.41) is 13.0. The number of benzene rings is 1. The first-order chi connectivity index (χ1) is 11.6. The molecule has 140 valence electrons. The number of anilines is 1. The molecule has 2 aliphatic carbocycles. The second kappa shape index (κ2) is 8.88. The monoisotopic (exact) mass is 368 g/mol. The van der Waals surface area contributed by atoms with E-state index >= 15 is 0 Å². The second-order valence-electron chi connectivity index (χ2n) is 7.18. The second-order valence-corrected chi connectivity index (χ2v) is 7.18. The third-order valence-corrected chi connectivity index (χ3v) is 5.50. The molecule has 0 aliphatic heterocycles. The van der Waals surface area contributed by atoms with Crippen molar-refractivity contribution in [1.82, 2.24) is 0 Å². The molecular formula is C19H29ClN2O3. The van der Waals surface area contributed by atoms with Gasteiger partial charge in [0.05, 0.1) is 11.5 Å². The molecule has 0 spiro atoms. The highest BCUT2D eigenvalue weighted by molar-refractivity contribution is 5.95. The Morgan fingerprint density at radius 2 is 1.80 bits per heavy atom. The predicted molar refractivity (Wildman–Crippen MR) is 101 cm³/mol. The molecule has 2 aliphatic rings. The van der Waals surface area contributed by atoms with E-state index in [1.54, 1.807) is 0 Å². The van der Waals surface area contributed by atoms with Gasteiger partial charge in [-0.3, -0.25) is 4.79 Å².